The number of sulfonamides is 1. The van der Waals surface area contributed by atoms with Gasteiger partial charge in [-0.05, 0) is 46.3 Å². The topological polar surface area (TPSA) is 105 Å². The number of nitrogens with two attached hydrogens (primary N) is 1. The van der Waals surface area contributed by atoms with Gasteiger partial charge in [0.1, 0.15) is 4.21 Å². The minimum atomic E-state index is -3.74. The summed E-state index contributed by atoms with van der Waals surface area (Å²) in [6.07, 6.45) is 0. The minimum absolute atomic E-state index is 0.155. The Morgan fingerprint density at radius 2 is 2.00 bits per heavy atom. The van der Waals surface area contributed by atoms with Crippen molar-refractivity contribution in [2.75, 3.05) is 4.72 Å². The SMILES string of the molecule is N/C(=N/O)c1cc(Br)ccc1NS(=O)(=O)c1ccc(Br)s1. The van der Waals surface area contributed by atoms with E-state index in [0.717, 1.165) is 11.3 Å². The summed E-state index contributed by atoms with van der Waals surface area (Å²) in [7, 11) is -3.74. The second-order valence-corrected chi connectivity index (χ2v) is 9.13. The van der Waals surface area contributed by atoms with E-state index in [4.69, 9.17) is 10.9 Å². The lowest BCUT2D eigenvalue weighted by Crippen LogP contribution is -2.19. The molecule has 0 radical (unpaired) electrons. The molecule has 0 spiro atoms. The van der Waals surface area contributed by atoms with Gasteiger partial charge >= 0.3 is 0 Å². The lowest BCUT2D eigenvalue weighted by Gasteiger charge is -2.11. The zero-order valence-corrected chi connectivity index (χ0v) is 15.1. The third-order valence-electron chi connectivity index (χ3n) is 2.42. The highest BCUT2D eigenvalue weighted by atomic mass is 79.9. The van der Waals surface area contributed by atoms with E-state index in [-0.39, 0.29) is 21.3 Å². The molecule has 2 aromatic rings. The molecule has 0 unspecified atom stereocenters. The molecule has 4 N–H and O–H groups in total. The standard InChI is InChI=1S/C11H9Br2N3O3S2/c12-6-1-2-8(7(5-6)11(14)15-17)16-21(18,19)10-4-3-9(13)20-10/h1-5,16-17H,(H2,14,15). The van der Waals surface area contributed by atoms with E-state index in [0.29, 0.717) is 8.26 Å². The van der Waals surface area contributed by atoms with Gasteiger partial charge in [-0.1, -0.05) is 21.1 Å². The molecule has 112 valence electrons. The molecule has 0 saturated heterocycles. The molecule has 0 aliphatic carbocycles. The van der Waals surface area contributed by atoms with Crippen LogP contribution in [0.4, 0.5) is 5.69 Å². The second-order valence-electron chi connectivity index (χ2n) is 3.84. The number of anilines is 1. The van der Waals surface area contributed by atoms with Crippen LogP contribution in [0.3, 0.4) is 0 Å². The van der Waals surface area contributed by atoms with Crippen LogP contribution < -0.4 is 10.5 Å². The van der Waals surface area contributed by atoms with Gasteiger partial charge in [-0.2, -0.15) is 0 Å². The first-order chi connectivity index (χ1) is 9.83. The fraction of sp³-hybridized carbons (Fsp3) is 0. The maximum absolute atomic E-state index is 12.3. The first kappa shape index (κ1) is 16.3. The van der Waals surface area contributed by atoms with Crippen molar-refractivity contribution >= 4 is 64.7 Å². The molecule has 6 nitrogen and oxygen atoms in total. The normalized spacial score (nSPS) is 12.4. The predicted octanol–water partition coefficient (Wildman–Crippen LogP) is 3.17. The highest BCUT2D eigenvalue weighted by Gasteiger charge is 2.19. The summed E-state index contributed by atoms with van der Waals surface area (Å²) in [5.41, 5.74) is 6.05. The number of halogens is 2. The van der Waals surface area contributed by atoms with Gasteiger partial charge < -0.3 is 10.9 Å². The quantitative estimate of drug-likeness (QED) is 0.285. The predicted molar refractivity (Wildman–Crippen MR) is 89.5 cm³/mol. The van der Waals surface area contributed by atoms with Crippen molar-refractivity contribution in [3.63, 3.8) is 0 Å². The number of benzene rings is 1. The van der Waals surface area contributed by atoms with Crippen molar-refractivity contribution in [2.45, 2.75) is 4.21 Å². The fourth-order valence-electron chi connectivity index (χ4n) is 1.51. The van der Waals surface area contributed by atoms with Crippen molar-refractivity contribution in [2.24, 2.45) is 10.9 Å². The Bertz CT molecular complexity index is 803. The maximum atomic E-state index is 12.3. The zero-order chi connectivity index (χ0) is 15.6. The van der Waals surface area contributed by atoms with Crippen LogP contribution in [0.25, 0.3) is 0 Å². The molecule has 0 aliphatic heterocycles. The molecule has 0 bridgehead atoms. The minimum Gasteiger partial charge on any atom is -0.409 e. The van der Waals surface area contributed by atoms with Crippen LogP contribution in [0.2, 0.25) is 0 Å². The van der Waals surface area contributed by atoms with Crippen molar-refractivity contribution < 1.29 is 13.6 Å². The summed E-state index contributed by atoms with van der Waals surface area (Å²) in [4.78, 5) is 0. The van der Waals surface area contributed by atoms with Crippen LogP contribution in [-0.2, 0) is 10.0 Å². The summed E-state index contributed by atoms with van der Waals surface area (Å²) >= 11 is 7.55. The van der Waals surface area contributed by atoms with E-state index in [2.05, 4.69) is 41.7 Å². The van der Waals surface area contributed by atoms with Gasteiger partial charge in [-0.25, -0.2) is 8.42 Å². The molecule has 2 rings (SSSR count). The van der Waals surface area contributed by atoms with Crippen molar-refractivity contribution in [3.8, 4) is 0 Å². The molecule has 1 heterocycles. The molecule has 0 fully saturated rings. The molecule has 0 saturated carbocycles. The van der Waals surface area contributed by atoms with Gasteiger partial charge in [0.15, 0.2) is 5.84 Å². The van der Waals surface area contributed by atoms with Gasteiger partial charge in [-0.3, -0.25) is 4.72 Å². The van der Waals surface area contributed by atoms with Gasteiger partial charge in [0.05, 0.1) is 9.47 Å². The van der Waals surface area contributed by atoms with Crippen LogP contribution in [0.5, 0.6) is 0 Å². The van der Waals surface area contributed by atoms with Gasteiger partial charge in [0.25, 0.3) is 10.0 Å². The molecular weight excluding hydrogens is 446 g/mol. The second kappa shape index (κ2) is 6.34. The molecule has 10 heteroatoms. The zero-order valence-electron chi connectivity index (χ0n) is 10.2. The average Bonchev–Trinajstić information content (AvgIpc) is 2.87. The Labute approximate surface area is 142 Å². The number of rotatable bonds is 4. The summed E-state index contributed by atoms with van der Waals surface area (Å²) in [5, 5.41) is 11.7. The third kappa shape index (κ3) is 3.76. The van der Waals surface area contributed by atoms with Crippen LogP contribution in [0.1, 0.15) is 5.56 Å². The largest absolute Gasteiger partial charge is 0.409 e. The Morgan fingerprint density at radius 1 is 1.29 bits per heavy atom. The lowest BCUT2D eigenvalue weighted by molar-refractivity contribution is 0.318. The molecule has 0 aliphatic rings. The number of hydrogen-bond donors (Lipinski definition) is 3. The van der Waals surface area contributed by atoms with Crippen molar-refractivity contribution in [1.29, 1.82) is 0 Å². The van der Waals surface area contributed by atoms with E-state index in [1.165, 1.54) is 12.1 Å². The monoisotopic (exact) mass is 453 g/mol. The molecule has 1 aromatic carbocycles. The number of hydrogen-bond acceptors (Lipinski definition) is 5. The van der Waals surface area contributed by atoms with Crippen LogP contribution in [-0.4, -0.2) is 19.5 Å². The molecular formula is C11H9Br2N3O3S2. The third-order valence-corrected chi connectivity index (χ3v) is 6.40. The Hall–Kier alpha value is -1.10. The molecule has 0 atom stereocenters. The first-order valence-electron chi connectivity index (χ1n) is 5.39. The van der Waals surface area contributed by atoms with Gasteiger partial charge in [-0.15, -0.1) is 11.3 Å². The number of nitrogens with one attached hydrogen (secondary N) is 1. The number of amidine groups is 1. The fourth-order valence-corrected chi connectivity index (χ4v) is 4.96. The van der Waals surface area contributed by atoms with E-state index in [9.17, 15) is 8.42 Å². The highest BCUT2D eigenvalue weighted by molar-refractivity contribution is 9.11. The highest BCUT2D eigenvalue weighted by Crippen LogP contribution is 2.29. The van der Waals surface area contributed by atoms with Crippen LogP contribution in [0, 0.1) is 0 Å². The Morgan fingerprint density at radius 3 is 2.57 bits per heavy atom. The van der Waals surface area contributed by atoms with E-state index in [1.807, 2.05) is 0 Å². The summed E-state index contributed by atoms with van der Waals surface area (Å²) in [6, 6.07) is 7.86. The molecule has 0 amide bonds. The van der Waals surface area contributed by atoms with Gasteiger partial charge in [0.2, 0.25) is 0 Å². The van der Waals surface area contributed by atoms with Gasteiger partial charge in [0, 0.05) is 10.0 Å². The first-order valence-corrected chi connectivity index (χ1v) is 9.27. The van der Waals surface area contributed by atoms with Crippen molar-refractivity contribution in [3.05, 3.63) is 44.2 Å². The number of thiophene rings is 1. The summed E-state index contributed by atoms with van der Waals surface area (Å²) < 4.78 is 28.5. The summed E-state index contributed by atoms with van der Waals surface area (Å²) in [5.74, 6) is -0.193. The molecule has 1 aromatic heterocycles. The van der Waals surface area contributed by atoms with E-state index in [1.54, 1.807) is 18.2 Å². The summed E-state index contributed by atoms with van der Waals surface area (Å²) in [6.45, 7) is 0. The van der Waals surface area contributed by atoms with Crippen molar-refractivity contribution in [1.82, 2.24) is 0 Å². The van der Waals surface area contributed by atoms with E-state index >= 15 is 0 Å². The van der Waals surface area contributed by atoms with E-state index < -0.39 is 10.0 Å². The Balaban J connectivity index is 2.44. The Kier molecular flexibility index (Phi) is 4.91. The number of oxime groups is 1. The molecule has 21 heavy (non-hydrogen) atoms. The lowest BCUT2D eigenvalue weighted by atomic mass is 10.2. The van der Waals surface area contributed by atoms with Crippen LogP contribution >= 0.6 is 43.2 Å². The van der Waals surface area contributed by atoms with Crippen LogP contribution in [0.15, 0.2) is 48.0 Å². The maximum Gasteiger partial charge on any atom is 0.271 e. The average molecular weight is 455 g/mol. The number of nitrogens with zero attached hydrogens (tertiary/aromatic N) is 1. The smallest absolute Gasteiger partial charge is 0.271 e.